The highest BCUT2D eigenvalue weighted by Gasteiger charge is 2.09. The Kier molecular flexibility index (Phi) is 4.44. The second-order valence-electron chi connectivity index (χ2n) is 4.24. The van der Waals surface area contributed by atoms with Gasteiger partial charge in [-0.15, -0.1) is 11.3 Å². The Hall–Kier alpha value is -1.26. The van der Waals surface area contributed by atoms with Crippen molar-refractivity contribution in [3.63, 3.8) is 0 Å². The molecule has 0 bridgehead atoms. The summed E-state index contributed by atoms with van der Waals surface area (Å²) in [5.41, 5.74) is 2.08. The molecule has 2 nitrogen and oxygen atoms in total. The number of nitrogens with one attached hydrogen (secondary N) is 1. The zero-order valence-electron chi connectivity index (χ0n) is 10.7. The van der Waals surface area contributed by atoms with Gasteiger partial charge in [0.1, 0.15) is 10.8 Å². The maximum atomic E-state index is 12.9. The summed E-state index contributed by atoms with van der Waals surface area (Å²) < 4.78 is 12.9. The van der Waals surface area contributed by atoms with E-state index in [0.717, 1.165) is 35.7 Å². The highest BCUT2D eigenvalue weighted by molar-refractivity contribution is 7.15. The topological polar surface area (TPSA) is 24.9 Å². The van der Waals surface area contributed by atoms with Crippen LogP contribution >= 0.6 is 11.3 Å². The third-order valence-corrected chi connectivity index (χ3v) is 4.08. The van der Waals surface area contributed by atoms with Crippen molar-refractivity contribution >= 4 is 11.3 Å². The Morgan fingerprint density at radius 1 is 1.28 bits per heavy atom. The molecule has 0 aliphatic rings. The van der Waals surface area contributed by atoms with E-state index in [1.165, 1.54) is 17.0 Å². The molecule has 0 spiro atoms. The van der Waals surface area contributed by atoms with Crippen LogP contribution in [0.2, 0.25) is 0 Å². The second kappa shape index (κ2) is 6.07. The van der Waals surface area contributed by atoms with Gasteiger partial charge in [0, 0.05) is 10.4 Å². The van der Waals surface area contributed by atoms with Crippen molar-refractivity contribution in [3.05, 3.63) is 40.7 Å². The average molecular weight is 264 g/mol. The van der Waals surface area contributed by atoms with Gasteiger partial charge in [-0.1, -0.05) is 0 Å². The molecule has 2 aromatic rings. The summed E-state index contributed by atoms with van der Waals surface area (Å²) in [6, 6.07) is 6.52. The summed E-state index contributed by atoms with van der Waals surface area (Å²) in [4.78, 5) is 5.89. The zero-order chi connectivity index (χ0) is 13.0. The molecule has 0 aliphatic heterocycles. The van der Waals surface area contributed by atoms with Crippen molar-refractivity contribution in [3.8, 4) is 10.6 Å². The summed E-state index contributed by atoms with van der Waals surface area (Å²) >= 11 is 1.71. The van der Waals surface area contributed by atoms with Gasteiger partial charge in [-0.2, -0.15) is 0 Å². The van der Waals surface area contributed by atoms with Gasteiger partial charge in [0.05, 0.1) is 5.69 Å². The van der Waals surface area contributed by atoms with E-state index in [-0.39, 0.29) is 5.82 Å². The predicted octanol–water partition coefficient (Wildman–Crippen LogP) is 3.41. The number of hydrogen-bond donors (Lipinski definition) is 1. The van der Waals surface area contributed by atoms with Crippen molar-refractivity contribution in [2.24, 2.45) is 0 Å². The van der Waals surface area contributed by atoms with Crippen LogP contribution in [0.25, 0.3) is 10.6 Å². The van der Waals surface area contributed by atoms with E-state index >= 15 is 0 Å². The van der Waals surface area contributed by atoms with E-state index in [1.54, 1.807) is 23.5 Å². The lowest BCUT2D eigenvalue weighted by Crippen LogP contribution is -2.08. The molecule has 4 heteroatoms. The third-order valence-electron chi connectivity index (χ3n) is 2.81. The fourth-order valence-electron chi connectivity index (χ4n) is 1.80. The summed E-state index contributed by atoms with van der Waals surface area (Å²) in [5, 5.41) is 4.12. The van der Waals surface area contributed by atoms with Crippen LogP contribution < -0.4 is 5.32 Å². The summed E-state index contributed by atoms with van der Waals surface area (Å²) in [5.74, 6) is -0.207. The van der Waals surface area contributed by atoms with E-state index in [9.17, 15) is 4.39 Å². The van der Waals surface area contributed by atoms with Crippen LogP contribution in [0.4, 0.5) is 4.39 Å². The van der Waals surface area contributed by atoms with Gasteiger partial charge < -0.3 is 5.32 Å². The van der Waals surface area contributed by atoms with E-state index in [1.807, 2.05) is 14.0 Å². The first-order valence-electron chi connectivity index (χ1n) is 6.07. The van der Waals surface area contributed by atoms with Gasteiger partial charge in [0.2, 0.25) is 0 Å². The highest BCUT2D eigenvalue weighted by Crippen LogP contribution is 2.28. The number of thiazole rings is 1. The molecule has 1 N–H and O–H groups in total. The Balaban J connectivity index is 2.15. The molecule has 1 aromatic carbocycles. The fourth-order valence-corrected chi connectivity index (χ4v) is 2.91. The van der Waals surface area contributed by atoms with Crippen LogP contribution in [0, 0.1) is 12.7 Å². The largest absolute Gasteiger partial charge is 0.320 e. The molecule has 0 saturated heterocycles. The lowest BCUT2D eigenvalue weighted by atomic mass is 10.2. The summed E-state index contributed by atoms with van der Waals surface area (Å²) in [6.07, 6.45) is 2.16. The van der Waals surface area contributed by atoms with E-state index in [0.29, 0.717) is 0 Å². The van der Waals surface area contributed by atoms with Crippen LogP contribution in [-0.2, 0) is 6.42 Å². The normalized spacial score (nSPS) is 10.8. The van der Waals surface area contributed by atoms with Crippen LogP contribution in [-0.4, -0.2) is 18.6 Å². The Bertz CT molecular complexity index is 505. The molecule has 96 valence electrons. The summed E-state index contributed by atoms with van der Waals surface area (Å²) in [6.45, 7) is 3.06. The van der Waals surface area contributed by atoms with Gasteiger partial charge in [-0.05, 0) is 57.6 Å². The minimum Gasteiger partial charge on any atom is -0.320 e. The van der Waals surface area contributed by atoms with Gasteiger partial charge in [-0.3, -0.25) is 0 Å². The molecular weight excluding hydrogens is 247 g/mol. The van der Waals surface area contributed by atoms with Gasteiger partial charge in [0.25, 0.3) is 0 Å². The quantitative estimate of drug-likeness (QED) is 0.837. The van der Waals surface area contributed by atoms with E-state index in [4.69, 9.17) is 0 Å². The minimum atomic E-state index is -0.207. The highest BCUT2D eigenvalue weighted by atomic mass is 32.1. The van der Waals surface area contributed by atoms with Crippen LogP contribution in [0.1, 0.15) is 17.0 Å². The molecule has 0 amide bonds. The number of benzene rings is 1. The molecule has 1 aromatic heterocycles. The Morgan fingerprint density at radius 3 is 2.67 bits per heavy atom. The van der Waals surface area contributed by atoms with Crippen LogP contribution in [0.5, 0.6) is 0 Å². The monoisotopic (exact) mass is 264 g/mol. The molecule has 18 heavy (non-hydrogen) atoms. The Labute approximate surface area is 111 Å². The standard InChI is InChI=1S/C14H17FN2S/c1-10-13(4-3-9-16-2)18-14(17-10)11-5-7-12(15)8-6-11/h5-8,16H,3-4,9H2,1-2H3. The first kappa shape index (κ1) is 13.2. The number of hydrogen-bond acceptors (Lipinski definition) is 3. The van der Waals surface area contributed by atoms with Crippen molar-refractivity contribution in [1.29, 1.82) is 0 Å². The first-order chi connectivity index (χ1) is 8.70. The molecule has 0 atom stereocenters. The van der Waals surface area contributed by atoms with Crippen LogP contribution in [0.3, 0.4) is 0 Å². The molecule has 0 aliphatic carbocycles. The van der Waals surface area contributed by atoms with E-state index in [2.05, 4.69) is 10.3 Å². The summed E-state index contributed by atoms with van der Waals surface area (Å²) in [7, 11) is 1.96. The fraction of sp³-hybridized carbons (Fsp3) is 0.357. The van der Waals surface area contributed by atoms with Gasteiger partial charge in [0.15, 0.2) is 0 Å². The number of nitrogens with zero attached hydrogens (tertiary/aromatic N) is 1. The van der Waals surface area contributed by atoms with Gasteiger partial charge in [-0.25, -0.2) is 9.37 Å². The second-order valence-corrected chi connectivity index (χ2v) is 5.33. The van der Waals surface area contributed by atoms with Gasteiger partial charge >= 0.3 is 0 Å². The number of halogens is 1. The SMILES string of the molecule is CNCCCc1sc(-c2ccc(F)cc2)nc1C. The van der Waals surface area contributed by atoms with Crippen molar-refractivity contribution < 1.29 is 4.39 Å². The van der Waals surface area contributed by atoms with Crippen molar-refractivity contribution in [2.75, 3.05) is 13.6 Å². The molecule has 0 fully saturated rings. The number of rotatable bonds is 5. The molecule has 0 radical (unpaired) electrons. The molecule has 0 saturated carbocycles. The maximum Gasteiger partial charge on any atom is 0.123 e. The zero-order valence-corrected chi connectivity index (χ0v) is 11.5. The molecule has 1 heterocycles. The van der Waals surface area contributed by atoms with E-state index < -0.39 is 0 Å². The van der Waals surface area contributed by atoms with Crippen molar-refractivity contribution in [1.82, 2.24) is 10.3 Å². The molecule has 2 rings (SSSR count). The predicted molar refractivity (Wildman–Crippen MR) is 74.5 cm³/mol. The lowest BCUT2D eigenvalue weighted by molar-refractivity contribution is 0.628. The van der Waals surface area contributed by atoms with Crippen LogP contribution in [0.15, 0.2) is 24.3 Å². The van der Waals surface area contributed by atoms with Crippen molar-refractivity contribution in [2.45, 2.75) is 19.8 Å². The smallest absolute Gasteiger partial charge is 0.123 e. The molecular formula is C14H17FN2S. The lowest BCUT2D eigenvalue weighted by Gasteiger charge is -1.97. The first-order valence-corrected chi connectivity index (χ1v) is 6.89. The molecule has 0 unspecified atom stereocenters. The average Bonchev–Trinajstić information content (AvgIpc) is 2.72. The maximum absolute atomic E-state index is 12.9. The number of aromatic nitrogens is 1. The Morgan fingerprint density at radius 2 is 2.00 bits per heavy atom. The number of aryl methyl sites for hydroxylation is 2. The third kappa shape index (κ3) is 3.15. The minimum absolute atomic E-state index is 0.207.